The van der Waals surface area contributed by atoms with Gasteiger partial charge in [0, 0.05) is 19.0 Å². The summed E-state index contributed by atoms with van der Waals surface area (Å²) in [6.07, 6.45) is 0. The summed E-state index contributed by atoms with van der Waals surface area (Å²) in [4.78, 5) is 31.3. The summed E-state index contributed by atoms with van der Waals surface area (Å²) in [5.74, 6) is 0.445. The third kappa shape index (κ3) is 7.62. The molecular weight excluding hydrogens is 525 g/mol. The fourth-order valence-corrected chi connectivity index (χ4v) is 4.38. The molecule has 0 aliphatic rings. The van der Waals surface area contributed by atoms with E-state index in [1.807, 2.05) is 24.3 Å². The number of hydrogen-bond acceptors (Lipinski definition) is 8. The van der Waals surface area contributed by atoms with Gasteiger partial charge in [-0.2, -0.15) is 0 Å². The van der Waals surface area contributed by atoms with Crippen molar-refractivity contribution in [2.24, 2.45) is 0 Å². The van der Waals surface area contributed by atoms with E-state index in [0.29, 0.717) is 40.0 Å². The first-order valence-electron chi connectivity index (χ1n) is 12.0. The van der Waals surface area contributed by atoms with E-state index in [2.05, 4.69) is 20.8 Å². The molecule has 4 rings (SSSR count). The van der Waals surface area contributed by atoms with Crippen LogP contribution in [0, 0.1) is 12.7 Å². The first-order valence-corrected chi connectivity index (χ1v) is 12.9. The van der Waals surface area contributed by atoms with Crippen molar-refractivity contribution in [3.63, 3.8) is 0 Å². The first-order chi connectivity index (χ1) is 18.8. The molecule has 4 aromatic rings. The molecular formula is C27H28FN5O5S. The van der Waals surface area contributed by atoms with E-state index in [1.165, 1.54) is 28.4 Å². The minimum Gasteiger partial charge on any atom is -0.497 e. The molecule has 0 bridgehead atoms. The second-order valence-electron chi connectivity index (χ2n) is 8.65. The molecule has 10 nitrogen and oxygen atoms in total. The van der Waals surface area contributed by atoms with Crippen molar-refractivity contribution < 1.29 is 28.0 Å². The van der Waals surface area contributed by atoms with Crippen molar-refractivity contribution >= 4 is 28.4 Å². The minimum absolute atomic E-state index is 0.0806. The van der Waals surface area contributed by atoms with Crippen LogP contribution < -0.4 is 15.4 Å². The van der Waals surface area contributed by atoms with Crippen LogP contribution in [0.5, 0.6) is 5.75 Å². The number of hydrogen-bond donors (Lipinski definition) is 2. The number of amides is 3. The molecule has 2 aromatic carbocycles. The Bertz CT molecular complexity index is 1420. The van der Waals surface area contributed by atoms with Crippen molar-refractivity contribution in [2.45, 2.75) is 33.2 Å². The highest BCUT2D eigenvalue weighted by Gasteiger charge is 2.24. The zero-order valence-electron chi connectivity index (χ0n) is 21.7. The smallest absolute Gasteiger partial charge is 0.321 e. The Morgan fingerprint density at radius 3 is 2.67 bits per heavy atom. The number of anilines is 1. The molecule has 0 saturated carbocycles. The summed E-state index contributed by atoms with van der Waals surface area (Å²) in [5, 5.41) is 11.4. The fraction of sp³-hybridized carbons (Fsp3) is 0.259. The van der Waals surface area contributed by atoms with Crippen molar-refractivity contribution in [2.75, 3.05) is 19.5 Å². The minimum atomic E-state index is -0.469. The number of nitrogens with one attached hydrogen (secondary N) is 2. The van der Waals surface area contributed by atoms with Gasteiger partial charge in [-0.25, -0.2) is 14.2 Å². The number of benzene rings is 2. The monoisotopic (exact) mass is 553 g/mol. The lowest BCUT2D eigenvalue weighted by Crippen LogP contribution is -2.28. The zero-order chi connectivity index (χ0) is 27.8. The largest absolute Gasteiger partial charge is 0.497 e. The summed E-state index contributed by atoms with van der Waals surface area (Å²) in [7, 11) is 3.25. The molecule has 0 fully saturated rings. The molecule has 0 spiro atoms. The second kappa shape index (κ2) is 13.0. The van der Waals surface area contributed by atoms with Crippen LogP contribution in [-0.2, 0) is 31.0 Å². The van der Waals surface area contributed by atoms with Gasteiger partial charge in [0.15, 0.2) is 10.9 Å². The predicted molar refractivity (Wildman–Crippen MR) is 143 cm³/mol. The third-order valence-corrected chi connectivity index (χ3v) is 6.47. The van der Waals surface area contributed by atoms with Crippen LogP contribution in [0.25, 0.3) is 0 Å². The fourth-order valence-electron chi connectivity index (χ4n) is 3.69. The molecule has 0 radical (unpaired) electrons. The summed E-state index contributed by atoms with van der Waals surface area (Å²) >= 11 is 1.23. The molecule has 2 aromatic heterocycles. The number of rotatable bonds is 11. The van der Waals surface area contributed by atoms with Gasteiger partial charge in [-0.3, -0.25) is 10.1 Å². The average Bonchev–Trinajstić information content (AvgIpc) is 3.52. The van der Waals surface area contributed by atoms with Crippen LogP contribution >= 0.6 is 11.3 Å². The molecule has 2 heterocycles. The SMILES string of the molecule is COc1ccc(COCc2onc(C)c2C(=O)N(C)Cc2csc(NC(=O)NCc3cccc(F)c3)n2)cc1. The van der Waals surface area contributed by atoms with Gasteiger partial charge in [0.2, 0.25) is 0 Å². The molecule has 0 unspecified atom stereocenters. The van der Waals surface area contributed by atoms with E-state index in [-0.39, 0.29) is 31.4 Å². The van der Waals surface area contributed by atoms with Gasteiger partial charge < -0.3 is 24.2 Å². The molecule has 12 heteroatoms. The highest BCUT2D eigenvalue weighted by atomic mass is 32.1. The third-order valence-electron chi connectivity index (χ3n) is 5.67. The Kier molecular flexibility index (Phi) is 9.23. The number of thiazole rings is 1. The number of carbonyl (C=O) groups is 2. The highest BCUT2D eigenvalue weighted by molar-refractivity contribution is 7.13. The molecule has 39 heavy (non-hydrogen) atoms. The van der Waals surface area contributed by atoms with E-state index < -0.39 is 6.03 Å². The maximum Gasteiger partial charge on any atom is 0.321 e. The first kappa shape index (κ1) is 27.7. The second-order valence-corrected chi connectivity index (χ2v) is 9.51. The van der Waals surface area contributed by atoms with Crippen LogP contribution in [0.4, 0.5) is 14.3 Å². The summed E-state index contributed by atoms with van der Waals surface area (Å²) in [6.45, 7) is 2.49. The van der Waals surface area contributed by atoms with Crippen LogP contribution in [0.15, 0.2) is 58.4 Å². The number of ether oxygens (including phenoxy) is 2. The molecule has 0 atom stereocenters. The van der Waals surface area contributed by atoms with Gasteiger partial charge in [0.05, 0.1) is 31.6 Å². The quantitative estimate of drug-likeness (QED) is 0.271. The lowest BCUT2D eigenvalue weighted by molar-refractivity contribution is 0.0742. The van der Waals surface area contributed by atoms with E-state index >= 15 is 0 Å². The van der Waals surface area contributed by atoms with Crippen molar-refractivity contribution in [3.05, 3.63) is 93.6 Å². The molecule has 3 amide bonds. The zero-order valence-corrected chi connectivity index (χ0v) is 22.5. The van der Waals surface area contributed by atoms with E-state index in [1.54, 1.807) is 38.6 Å². The van der Waals surface area contributed by atoms with Gasteiger partial charge >= 0.3 is 6.03 Å². The topological polar surface area (TPSA) is 119 Å². The van der Waals surface area contributed by atoms with Crippen LogP contribution in [-0.4, -0.2) is 41.1 Å². The normalized spacial score (nSPS) is 10.8. The van der Waals surface area contributed by atoms with E-state index in [0.717, 1.165) is 11.3 Å². The number of aryl methyl sites for hydroxylation is 1. The molecule has 0 saturated heterocycles. The molecule has 2 N–H and O–H groups in total. The number of carbonyl (C=O) groups excluding carboxylic acids is 2. The average molecular weight is 554 g/mol. The van der Waals surface area contributed by atoms with Gasteiger partial charge in [0.25, 0.3) is 5.91 Å². The van der Waals surface area contributed by atoms with E-state index in [4.69, 9.17) is 14.0 Å². The molecule has 0 aliphatic carbocycles. The highest BCUT2D eigenvalue weighted by Crippen LogP contribution is 2.21. The van der Waals surface area contributed by atoms with Crippen molar-refractivity contribution in [3.8, 4) is 5.75 Å². The molecule has 204 valence electrons. The number of nitrogens with zero attached hydrogens (tertiary/aromatic N) is 3. The number of halogens is 1. The van der Waals surface area contributed by atoms with Crippen LogP contribution in [0.3, 0.4) is 0 Å². The summed E-state index contributed by atoms with van der Waals surface area (Å²) in [5.41, 5.74) is 3.00. The van der Waals surface area contributed by atoms with E-state index in [9.17, 15) is 14.0 Å². The number of aromatic nitrogens is 2. The van der Waals surface area contributed by atoms with Crippen LogP contribution in [0.1, 0.15) is 38.6 Å². The Morgan fingerprint density at radius 1 is 1.13 bits per heavy atom. The van der Waals surface area contributed by atoms with Crippen molar-refractivity contribution in [1.82, 2.24) is 20.4 Å². The van der Waals surface area contributed by atoms with Gasteiger partial charge in [-0.15, -0.1) is 11.3 Å². The maximum atomic E-state index is 13.3. The van der Waals surface area contributed by atoms with Crippen LogP contribution in [0.2, 0.25) is 0 Å². The Morgan fingerprint density at radius 2 is 1.92 bits per heavy atom. The van der Waals surface area contributed by atoms with Gasteiger partial charge in [-0.1, -0.05) is 29.4 Å². The maximum absolute atomic E-state index is 13.3. The number of methoxy groups -OCH3 is 1. The standard InChI is InChI=1S/C27H28FN5O5S/c1-17-24(23(38-32-17)15-37-14-18-7-9-22(36-3)10-8-18)25(34)33(2)13-21-16-39-27(30-21)31-26(35)29-12-19-5-4-6-20(28)11-19/h4-11,16H,12-15H2,1-3H3,(H2,29,30,31,35). The summed E-state index contributed by atoms with van der Waals surface area (Å²) < 4.78 is 29.6. The predicted octanol–water partition coefficient (Wildman–Crippen LogP) is 4.90. The lowest BCUT2D eigenvalue weighted by Gasteiger charge is -2.16. The van der Waals surface area contributed by atoms with Crippen molar-refractivity contribution in [1.29, 1.82) is 0 Å². The Balaban J connectivity index is 1.29. The Labute approximate surface area is 228 Å². The van der Waals surface area contributed by atoms with Gasteiger partial charge in [-0.05, 0) is 42.3 Å². The Hall–Kier alpha value is -4.29. The number of urea groups is 1. The lowest BCUT2D eigenvalue weighted by atomic mass is 10.1. The summed E-state index contributed by atoms with van der Waals surface area (Å²) in [6, 6.07) is 13.0. The molecule has 0 aliphatic heterocycles. The van der Waals surface area contributed by atoms with Gasteiger partial charge in [0.1, 0.15) is 23.7 Å².